The van der Waals surface area contributed by atoms with E-state index in [-0.39, 0.29) is 17.5 Å². The Morgan fingerprint density at radius 2 is 2.12 bits per heavy atom. The molecule has 0 aromatic heterocycles. The van der Waals surface area contributed by atoms with Gasteiger partial charge in [-0.1, -0.05) is 12.2 Å². The van der Waals surface area contributed by atoms with Crippen LogP contribution in [0.4, 0.5) is 0 Å². The second-order valence-electron chi connectivity index (χ2n) is 3.65. The molecule has 1 saturated heterocycles. The highest BCUT2D eigenvalue weighted by Crippen LogP contribution is 2.11. The molecular formula is C9H15N3O3S. The first-order valence-electron chi connectivity index (χ1n) is 4.92. The Morgan fingerprint density at radius 3 is 2.62 bits per heavy atom. The van der Waals surface area contributed by atoms with E-state index in [2.05, 4.69) is 0 Å². The molecule has 1 rings (SSSR count). The Balaban J connectivity index is 2.79. The smallest absolute Gasteiger partial charge is 0.242 e. The molecule has 1 aliphatic rings. The predicted molar refractivity (Wildman–Crippen MR) is 61.5 cm³/mol. The minimum atomic E-state index is -0.724. The number of carbonyl (C=O) groups is 2. The van der Waals surface area contributed by atoms with Gasteiger partial charge in [0.25, 0.3) is 0 Å². The van der Waals surface area contributed by atoms with Crippen LogP contribution in [0.3, 0.4) is 0 Å². The van der Waals surface area contributed by atoms with Crippen molar-refractivity contribution >= 4 is 29.0 Å². The molecule has 0 bridgehead atoms. The summed E-state index contributed by atoms with van der Waals surface area (Å²) in [4.78, 5) is 24.6. The molecule has 7 heteroatoms. The molecule has 4 N–H and O–H groups in total. The molecule has 0 aliphatic carbocycles. The van der Waals surface area contributed by atoms with Crippen LogP contribution in [0, 0.1) is 5.92 Å². The Hall–Kier alpha value is -1.21. The monoisotopic (exact) mass is 245 g/mol. The maximum absolute atomic E-state index is 11.9. The van der Waals surface area contributed by atoms with Crippen LogP contribution in [0.5, 0.6) is 0 Å². The number of primary amides is 1. The van der Waals surface area contributed by atoms with E-state index < -0.39 is 17.9 Å². The number of carbonyl (C=O) groups excluding carboxylic acids is 2. The molecule has 0 radical (unpaired) electrons. The molecule has 0 aromatic rings. The van der Waals surface area contributed by atoms with E-state index in [1.54, 1.807) is 6.92 Å². The molecule has 0 spiro atoms. The van der Waals surface area contributed by atoms with Gasteiger partial charge in [0.1, 0.15) is 6.04 Å². The van der Waals surface area contributed by atoms with Gasteiger partial charge in [-0.05, 0) is 6.92 Å². The number of hydrogen-bond donors (Lipinski definition) is 2. The van der Waals surface area contributed by atoms with E-state index >= 15 is 0 Å². The quantitative estimate of drug-likeness (QED) is 0.597. The number of morpholine rings is 1. The Kier molecular flexibility index (Phi) is 4.19. The van der Waals surface area contributed by atoms with Crippen molar-refractivity contribution in [2.45, 2.75) is 13.0 Å². The number of ether oxygens (including phenoxy) is 1. The van der Waals surface area contributed by atoms with Crippen LogP contribution in [0.15, 0.2) is 0 Å². The first kappa shape index (κ1) is 12.9. The highest BCUT2D eigenvalue weighted by molar-refractivity contribution is 7.80. The number of thiocarbonyl (C=S) groups is 1. The maximum Gasteiger partial charge on any atom is 0.242 e. The second-order valence-corrected chi connectivity index (χ2v) is 4.12. The zero-order valence-electron chi connectivity index (χ0n) is 9.01. The van der Waals surface area contributed by atoms with E-state index in [1.165, 1.54) is 4.90 Å². The van der Waals surface area contributed by atoms with Crippen molar-refractivity contribution in [2.75, 3.05) is 19.8 Å². The van der Waals surface area contributed by atoms with Gasteiger partial charge in [-0.3, -0.25) is 9.59 Å². The van der Waals surface area contributed by atoms with Gasteiger partial charge in [-0.15, -0.1) is 0 Å². The summed E-state index contributed by atoms with van der Waals surface area (Å²) in [6.07, 6.45) is 0. The molecule has 16 heavy (non-hydrogen) atoms. The fourth-order valence-corrected chi connectivity index (χ4v) is 1.57. The highest BCUT2D eigenvalue weighted by Gasteiger charge is 2.34. The summed E-state index contributed by atoms with van der Waals surface area (Å²) in [5, 5.41) is 0. The molecule has 90 valence electrons. The molecule has 1 heterocycles. The molecule has 0 saturated carbocycles. The predicted octanol–water partition coefficient (Wildman–Crippen LogP) is -1.38. The summed E-state index contributed by atoms with van der Waals surface area (Å²) in [5.41, 5.74) is 10.6. The van der Waals surface area contributed by atoms with Crippen molar-refractivity contribution in [2.24, 2.45) is 17.4 Å². The lowest BCUT2D eigenvalue weighted by Gasteiger charge is -2.35. The number of nitrogens with zero attached hydrogens (tertiary/aromatic N) is 1. The fourth-order valence-electron chi connectivity index (χ4n) is 1.47. The average molecular weight is 245 g/mol. The zero-order chi connectivity index (χ0) is 12.3. The molecule has 1 fully saturated rings. The molecule has 1 aliphatic heterocycles. The van der Waals surface area contributed by atoms with E-state index in [1.807, 2.05) is 0 Å². The minimum absolute atomic E-state index is 0.111. The van der Waals surface area contributed by atoms with Crippen LogP contribution in [0.1, 0.15) is 6.92 Å². The summed E-state index contributed by atoms with van der Waals surface area (Å²) < 4.78 is 5.11. The Labute approximate surface area is 98.9 Å². The largest absolute Gasteiger partial charge is 0.393 e. The van der Waals surface area contributed by atoms with Crippen molar-refractivity contribution in [3.8, 4) is 0 Å². The van der Waals surface area contributed by atoms with Crippen molar-refractivity contribution in [3.63, 3.8) is 0 Å². The van der Waals surface area contributed by atoms with Crippen molar-refractivity contribution in [1.82, 2.24) is 4.90 Å². The van der Waals surface area contributed by atoms with Gasteiger partial charge in [0.05, 0.1) is 24.1 Å². The van der Waals surface area contributed by atoms with Gasteiger partial charge in [0.2, 0.25) is 11.8 Å². The van der Waals surface area contributed by atoms with Crippen molar-refractivity contribution in [3.05, 3.63) is 0 Å². The Bertz CT molecular complexity index is 321. The molecule has 2 amide bonds. The third-order valence-corrected chi connectivity index (χ3v) is 2.89. The van der Waals surface area contributed by atoms with E-state index in [0.29, 0.717) is 13.2 Å². The number of hydrogen-bond acceptors (Lipinski definition) is 4. The van der Waals surface area contributed by atoms with Gasteiger partial charge >= 0.3 is 0 Å². The first-order chi connectivity index (χ1) is 7.45. The standard InChI is InChI=1S/C9H15N3O3S/c1-5(8(11)16)9(14)12-2-3-15-4-6(12)7(10)13/h5-6H,2-4H2,1H3,(H2,10,13)(H2,11,16). The van der Waals surface area contributed by atoms with Gasteiger partial charge in [-0.25, -0.2) is 0 Å². The van der Waals surface area contributed by atoms with Gasteiger partial charge in [0.15, 0.2) is 0 Å². The average Bonchev–Trinajstić information content (AvgIpc) is 2.26. The van der Waals surface area contributed by atoms with E-state index in [0.717, 1.165) is 0 Å². The minimum Gasteiger partial charge on any atom is -0.393 e. The number of nitrogens with two attached hydrogens (primary N) is 2. The van der Waals surface area contributed by atoms with Gasteiger partial charge in [0, 0.05) is 6.54 Å². The lowest BCUT2D eigenvalue weighted by molar-refractivity contribution is -0.148. The maximum atomic E-state index is 11.9. The van der Waals surface area contributed by atoms with Crippen LogP contribution < -0.4 is 11.5 Å². The topological polar surface area (TPSA) is 98.6 Å². The molecule has 2 atom stereocenters. The van der Waals surface area contributed by atoms with Crippen LogP contribution >= 0.6 is 12.2 Å². The Morgan fingerprint density at radius 1 is 1.50 bits per heavy atom. The van der Waals surface area contributed by atoms with Gasteiger partial charge in [-0.2, -0.15) is 0 Å². The van der Waals surface area contributed by atoms with Crippen molar-refractivity contribution < 1.29 is 14.3 Å². The summed E-state index contributed by atoms with van der Waals surface area (Å²) in [6.45, 7) is 2.46. The first-order valence-corrected chi connectivity index (χ1v) is 5.32. The van der Waals surface area contributed by atoms with E-state index in [4.69, 9.17) is 28.4 Å². The second kappa shape index (κ2) is 5.22. The normalized spacial score (nSPS) is 22.6. The molecular weight excluding hydrogens is 230 g/mol. The number of amides is 2. The third kappa shape index (κ3) is 2.67. The van der Waals surface area contributed by atoms with Crippen LogP contribution in [-0.2, 0) is 14.3 Å². The SMILES string of the molecule is CC(C(=O)N1CCOCC1C(N)=O)C(N)=S. The molecule has 0 aromatic carbocycles. The highest BCUT2D eigenvalue weighted by atomic mass is 32.1. The van der Waals surface area contributed by atoms with Crippen LogP contribution in [0.25, 0.3) is 0 Å². The lowest BCUT2D eigenvalue weighted by Crippen LogP contribution is -2.56. The van der Waals surface area contributed by atoms with E-state index in [9.17, 15) is 9.59 Å². The van der Waals surface area contributed by atoms with Crippen molar-refractivity contribution in [1.29, 1.82) is 0 Å². The number of rotatable bonds is 3. The summed E-state index contributed by atoms with van der Waals surface area (Å²) in [7, 11) is 0. The molecule has 6 nitrogen and oxygen atoms in total. The molecule has 2 unspecified atom stereocenters. The van der Waals surface area contributed by atoms with Gasteiger partial charge < -0.3 is 21.1 Å². The summed E-state index contributed by atoms with van der Waals surface area (Å²) in [5.74, 6) is -1.45. The summed E-state index contributed by atoms with van der Waals surface area (Å²) in [6, 6.07) is -0.724. The van der Waals surface area contributed by atoms with Crippen LogP contribution in [-0.4, -0.2) is 47.5 Å². The summed E-state index contributed by atoms with van der Waals surface area (Å²) >= 11 is 4.75. The lowest BCUT2D eigenvalue weighted by atomic mass is 10.1. The zero-order valence-corrected chi connectivity index (χ0v) is 9.83. The fraction of sp³-hybridized carbons (Fsp3) is 0.667. The van der Waals surface area contributed by atoms with Crippen LogP contribution in [0.2, 0.25) is 0 Å². The third-order valence-electron chi connectivity index (χ3n) is 2.54.